The van der Waals surface area contributed by atoms with E-state index in [0.29, 0.717) is 6.04 Å². The van der Waals surface area contributed by atoms with Crippen molar-refractivity contribution in [1.29, 1.82) is 0 Å². The van der Waals surface area contributed by atoms with Gasteiger partial charge in [-0.25, -0.2) is 4.39 Å². The Labute approximate surface area is 101 Å². The van der Waals surface area contributed by atoms with Gasteiger partial charge in [0.25, 0.3) is 0 Å². The number of benzene rings is 1. The molecule has 1 aromatic rings. The van der Waals surface area contributed by atoms with Crippen molar-refractivity contribution in [2.75, 3.05) is 5.75 Å². The highest BCUT2D eigenvalue weighted by atomic mass is 32.2. The highest BCUT2D eigenvalue weighted by Gasteiger charge is 2.34. The van der Waals surface area contributed by atoms with Gasteiger partial charge in [0.2, 0.25) is 0 Å². The molecule has 1 aliphatic rings. The van der Waals surface area contributed by atoms with Crippen LogP contribution in [-0.4, -0.2) is 16.7 Å². The van der Waals surface area contributed by atoms with Crippen LogP contribution in [0.4, 0.5) is 4.39 Å². The Balaban J connectivity index is 2.08. The molecule has 0 spiro atoms. The minimum Gasteiger partial charge on any atom is -0.299 e. The lowest BCUT2D eigenvalue weighted by molar-refractivity contribution is 0.448. The summed E-state index contributed by atoms with van der Waals surface area (Å²) >= 11 is 1.90. The lowest BCUT2D eigenvalue weighted by Crippen LogP contribution is -2.40. The van der Waals surface area contributed by atoms with E-state index in [9.17, 15) is 4.39 Å². The zero-order chi connectivity index (χ0) is 11.6. The summed E-state index contributed by atoms with van der Waals surface area (Å²) in [6.45, 7) is 4.35. The molecule has 1 aliphatic heterocycles. The molecule has 3 heteroatoms. The minimum atomic E-state index is -0.0916. The smallest absolute Gasteiger partial charge is 0.126 e. The maximum Gasteiger partial charge on any atom is 0.126 e. The summed E-state index contributed by atoms with van der Waals surface area (Å²) in [6.07, 6.45) is 1.89. The van der Waals surface area contributed by atoms with Gasteiger partial charge in [-0.1, -0.05) is 25.1 Å². The number of thioether (sulfide) groups is 1. The first kappa shape index (κ1) is 11.9. The fourth-order valence-corrected chi connectivity index (χ4v) is 3.52. The summed E-state index contributed by atoms with van der Waals surface area (Å²) in [4.78, 5) is -0.0110. The zero-order valence-corrected chi connectivity index (χ0v) is 10.6. The molecule has 1 N–H and O–H groups in total. The van der Waals surface area contributed by atoms with E-state index in [1.165, 1.54) is 6.07 Å². The van der Waals surface area contributed by atoms with Gasteiger partial charge in [0.1, 0.15) is 5.82 Å². The summed E-state index contributed by atoms with van der Waals surface area (Å²) in [5.41, 5.74) is 0.807. The Morgan fingerprint density at radius 3 is 2.88 bits per heavy atom. The summed E-state index contributed by atoms with van der Waals surface area (Å²) in [7, 11) is 0. The normalized spacial score (nSPS) is 29.6. The van der Waals surface area contributed by atoms with Crippen molar-refractivity contribution in [1.82, 2.24) is 5.32 Å². The van der Waals surface area contributed by atoms with Gasteiger partial charge < -0.3 is 0 Å². The molecule has 1 saturated heterocycles. The average Bonchev–Trinajstić information content (AvgIpc) is 2.64. The molecular weight excluding hydrogens is 221 g/mol. The van der Waals surface area contributed by atoms with Crippen LogP contribution in [0.1, 0.15) is 25.8 Å². The van der Waals surface area contributed by atoms with Crippen LogP contribution >= 0.6 is 11.8 Å². The fraction of sp³-hybridized carbons (Fsp3) is 0.538. The zero-order valence-electron chi connectivity index (χ0n) is 9.79. The molecule has 0 saturated carbocycles. The summed E-state index contributed by atoms with van der Waals surface area (Å²) in [5.74, 6) is 1.03. The van der Waals surface area contributed by atoms with Crippen LogP contribution in [0.3, 0.4) is 0 Å². The number of hydrogen-bond donors (Lipinski definition) is 1. The van der Waals surface area contributed by atoms with Crippen LogP contribution in [0, 0.1) is 5.82 Å². The van der Waals surface area contributed by atoms with Gasteiger partial charge in [-0.2, -0.15) is 0 Å². The second kappa shape index (κ2) is 4.76. The number of rotatable bonds is 3. The van der Waals surface area contributed by atoms with Crippen LogP contribution < -0.4 is 5.32 Å². The second-order valence-corrected chi connectivity index (χ2v) is 6.08. The van der Waals surface area contributed by atoms with Crippen molar-refractivity contribution >= 4 is 11.8 Å². The van der Waals surface area contributed by atoms with Gasteiger partial charge in [0.15, 0.2) is 0 Å². The van der Waals surface area contributed by atoms with E-state index in [4.69, 9.17) is 0 Å². The van der Waals surface area contributed by atoms with Crippen LogP contribution in [0.2, 0.25) is 0 Å². The third-order valence-electron chi connectivity index (χ3n) is 3.09. The molecule has 0 aliphatic carbocycles. The Kier molecular flexibility index (Phi) is 3.55. The SMILES string of the molecule is CCC1CSC(C)(Cc2ccccc2F)N1. The van der Waals surface area contributed by atoms with E-state index < -0.39 is 0 Å². The van der Waals surface area contributed by atoms with Gasteiger partial charge in [-0.15, -0.1) is 11.8 Å². The highest BCUT2D eigenvalue weighted by molar-refractivity contribution is 8.00. The summed E-state index contributed by atoms with van der Waals surface area (Å²) in [5, 5.41) is 3.59. The molecule has 1 nitrogen and oxygen atoms in total. The molecule has 0 amide bonds. The molecule has 0 aromatic heterocycles. The monoisotopic (exact) mass is 239 g/mol. The summed E-state index contributed by atoms with van der Waals surface area (Å²) < 4.78 is 13.6. The number of hydrogen-bond acceptors (Lipinski definition) is 2. The van der Waals surface area contributed by atoms with Crippen molar-refractivity contribution < 1.29 is 4.39 Å². The number of halogens is 1. The maximum atomic E-state index is 13.6. The van der Waals surface area contributed by atoms with Crippen molar-refractivity contribution in [3.8, 4) is 0 Å². The van der Waals surface area contributed by atoms with Gasteiger partial charge in [-0.3, -0.25) is 5.32 Å². The lowest BCUT2D eigenvalue weighted by atomic mass is 10.1. The van der Waals surface area contributed by atoms with E-state index in [1.807, 2.05) is 23.9 Å². The molecule has 16 heavy (non-hydrogen) atoms. The molecule has 0 bridgehead atoms. The lowest BCUT2D eigenvalue weighted by Gasteiger charge is -2.25. The molecule has 2 atom stereocenters. The van der Waals surface area contributed by atoms with Crippen LogP contribution in [0.5, 0.6) is 0 Å². The topological polar surface area (TPSA) is 12.0 Å². The van der Waals surface area contributed by atoms with E-state index in [0.717, 1.165) is 24.2 Å². The standard InChI is InChI=1S/C13H18FNS/c1-3-11-9-16-13(2,15-11)8-10-6-4-5-7-12(10)14/h4-7,11,15H,3,8-9H2,1-2H3. The first-order chi connectivity index (χ1) is 7.63. The molecule has 1 aromatic carbocycles. The first-order valence-electron chi connectivity index (χ1n) is 5.78. The molecular formula is C13H18FNS. The van der Waals surface area contributed by atoms with Crippen LogP contribution in [-0.2, 0) is 6.42 Å². The van der Waals surface area contributed by atoms with E-state index >= 15 is 0 Å². The molecule has 1 fully saturated rings. The Hall–Kier alpha value is -0.540. The molecule has 2 unspecified atom stereocenters. The van der Waals surface area contributed by atoms with Crippen molar-refractivity contribution in [2.24, 2.45) is 0 Å². The van der Waals surface area contributed by atoms with Crippen molar-refractivity contribution in [2.45, 2.75) is 37.6 Å². The van der Waals surface area contributed by atoms with Gasteiger partial charge >= 0.3 is 0 Å². The Morgan fingerprint density at radius 1 is 1.50 bits per heavy atom. The van der Waals surface area contributed by atoms with Crippen molar-refractivity contribution in [3.05, 3.63) is 35.6 Å². The predicted molar refractivity (Wildman–Crippen MR) is 68.2 cm³/mol. The Morgan fingerprint density at radius 2 is 2.25 bits per heavy atom. The van der Waals surface area contributed by atoms with Gasteiger partial charge in [-0.05, 0) is 25.0 Å². The maximum absolute atomic E-state index is 13.6. The number of nitrogens with one attached hydrogen (secondary N) is 1. The third-order valence-corrected chi connectivity index (χ3v) is 4.56. The van der Waals surface area contributed by atoms with Crippen LogP contribution in [0.25, 0.3) is 0 Å². The van der Waals surface area contributed by atoms with E-state index in [-0.39, 0.29) is 10.7 Å². The summed E-state index contributed by atoms with van der Waals surface area (Å²) in [6, 6.07) is 7.63. The average molecular weight is 239 g/mol. The van der Waals surface area contributed by atoms with Crippen molar-refractivity contribution in [3.63, 3.8) is 0 Å². The van der Waals surface area contributed by atoms with Gasteiger partial charge in [0, 0.05) is 18.2 Å². The second-order valence-electron chi connectivity index (χ2n) is 4.56. The quantitative estimate of drug-likeness (QED) is 0.869. The Bertz CT molecular complexity index is 369. The van der Waals surface area contributed by atoms with Gasteiger partial charge in [0.05, 0.1) is 4.87 Å². The van der Waals surface area contributed by atoms with Crippen LogP contribution in [0.15, 0.2) is 24.3 Å². The van der Waals surface area contributed by atoms with E-state index in [2.05, 4.69) is 19.2 Å². The largest absolute Gasteiger partial charge is 0.299 e. The molecule has 2 rings (SSSR count). The minimum absolute atomic E-state index is 0.0110. The first-order valence-corrected chi connectivity index (χ1v) is 6.76. The van der Waals surface area contributed by atoms with E-state index in [1.54, 1.807) is 6.07 Å². The molecule has 88 valence electrons. The fourth-order valence-electron chi connectivity index (χ4n) is 2.13. The molecule has 1 heterocycles. The highest BCUT2D eigenvalue weighted by Crippen LogP contribution is 2.34. The predicted octanol–water partition coefficient (Wildman–Crippen LogP) is 3.20. The molecule has 0 radical (unpaired) electrons. The third kappa shape index (κ3) is 2.58.